The van der Waals surface area contributed by atoms with E-state index in [2.05, 4.69) is 14.1 Å². The van der Waals surface area contributed by atoms with Crippen molar-refractivity contribution >= 4 is 5.97 Å². The zero-order valence-electron chi connectivity index (χ0n) is 22.3. The SMILES string of the molecule is CC(C)(C)C(O)(C(=O)OC1CC2CCC1C2[N+](C)(C)CCCOc1ccccc1)c1ccccc1.[Br-]. The first kappa shape index (κ1) is 28.7. The number of quaternary nitrogens is 1. The summed E-state index contributed by atoms with van der Waals surface area (Å²) >= 11 is 0. The van der Waals surface area contributed by atoms with Gasteiger partial charge in [-0.05, 0) is 37.0 Å². The molecule has 2 aliphatic carbocycles. The van der Waals surface area contributed by atoms with Gasteiger partial charge in [-0.3, -0.25) is 0 Å². The van der Waals surface area contributed by atoms with E-state index in [0.29, 0.717) is 30.0 Å². The summed E-state index contributed by atoms with van der Waals surface area (Å²) in [7, 11) is 4.61. The van der Waals surface area contributed by atoms with E-state index in [0.717, 1.165) is 36.0 Å². The highest BCUT2D eigenvalue weighted by molar-refractivity contribution is 5.82. The molecule has 2 fully saturated rings. The van der Waals surface area contributed by atoms with Crippen LogP contribution in [0.3, 0.4) is 0 Å². The number of carbonyl (C=O) groups is 1. The maximum absolute atomic E-state index is 13.6. The van der Waals surface area contributed by atoms with Crippen LogP contribution in [-0.2, 0) is 15.1 Å². The molecule has 4 rings (SSSR count). The Morgan fingerprint density at radius 2 is 1.61 bits per heavy atom. The van der Waals surface area contributed by atoms with Gasteiger partial charge in [0.15, 0.2) is 5.60 Å². The summed E-state index contributed by atoms with van der Waals surface area (Å²) in [4.78, 5) is 13.6. The Kier molecular flexibility index (Phi) is 8.95. The van der Waals surface area contributed by atoms with Gasteiger partial charge in [0.2, 0.25) is 0 Å². The van der Waals surface area contributed by atoms with Gasteiger partial charge in [0, 0.05) is 23.7 Å². The van der Waals surface area contributed by atoms with E-state index >= 15 is 0 Å². The van der Waals surface area contributed by atoms with Crippen molar-refractivity contribution in [2.45, 2.75) is 64.2 Å². The van der Waals surface area contributed by atoms with Crippen molar-refractivity contribution in [1.82, 2.24) is 0 Å². The van der Waals surface area contributed by atoms with E-state index < -0.39 is 17.0 Å². The van der Waals surface area contributed by atoms with Gasteiger partial charge in [0.1, 0.15) is 11.9 Å². The van der Waals surface area contributed by atoms with Crippen molar-refractivity contribution in [2.24, 2.45) is 17.3 Å². The normalized spacial score (nSPS) is 25.1. The summed E-state index contributed by atoms with van der Waals surface area (Å²) < 4.78 is 13.0. The largest absolute Gasteiger partial charge is 1.00 e. The van der Waals surface area contributed by atoms with Crippen LogP contribution >= 0.6 is 0 Å². The first-order valence-electron chi connectivity index (χ1n) is 13.0. The van der Waals surface area contributed by atoms with Crippen LogP contribution in [0.25, 0.3) is 0 Å². The maximum Gasteiger partial charge on any atom is 0.343 e. The second kappa shape index (κ2) is 11.2. The number of hydrogen-bond acceptors (Lipinski definition) is 4. The first-order valence-corrected chi connectivity index (χ1v) is 13.0. The summed E-state index contributed by atoms with van der Waals surface area (Å²) in [6.07, 6.45) is 3.99. The number of carbonyl (C=O) groups excluding carboxylic acids is 1. The summed E-state index contributed by atoms with van der Waals surface area (Å²) in [5.74, 6) is 1.26. The Hall–Kier alpha value is -1.89. The third kappa shape index (κ3) is 5.66. The van der Waals surface area contributed by atoms with Crippen molar-refractivity contribution in [3.63, 3.8) is 0 Å². The Balaban J connectivity index is 0.00000361. The quantitative estimate of drug-likeness (QED) is 0.290. The van der Waals surface area contributed by atoms with Crippen molar-refractivity contribution in [3.8, 4) is 5.75 Å². The highest BCUT2D eigenvalue weighted by atomic mass is 79.9. The number of fused-ring (bicyclic) bond motifs is 2. The summed E-state index contributed by atoms with van der Waals surface area (Å²) in [6, 6.07) is 19.6. The second-order valence-electron chi connectivity index (χ2n) is 12.0. The Bertz CT molecular complexity index is 991. The molecule has 2 aliphatic rings. The average Bonchev–Trinajstić information content (AvgIpc) is 3.41. The molecule has 2 aromatic rings. The number of nitrogens with zero attached hydrogens (tertiary/aromatic N) is 1. The van der Waals surface area contributed by atoms with E-state index in [9.17, 15) is 9.90 Å². The topological polar surface area (TPSA) is 55.8 Å². The zero-order valence-corrected chi connectivity index (χ0v) is 23.9. The fourth-order valence-electron chi connectivity index (χ4n) is 6.55. The molecule has 2 saturated carbocycles. The lowest BCUT2D eigenvalue weighted by molar-refractivity contribution is -0.919. The summed E-state index contributed by atoms with van der Waals surface area (Å²) in [5.41, 5.74) is -1.80. The molecule has 0 saturated heterocycles. The Morgan fingerprint density at radius 3 is 2.22 bits per heavy atom. The molecule has 36 heavy (non-hydrogen) atoms. The molecular weight excluding hydrogens is 518 g/mol. The van der Waals surface area contributed by atoms with Crippen LogP contribution in [0.15, 0.2) is 60.7 Å². The Labute approximate surface area is 227 Å². The standard InChI is InChI=1S/C30H42NO4.BrH/c1-29(2,3)30(33,23-13-8-6-9-14-23)28(32)35-26-21-22-17-18-25(26)27(22)31(4,5)19-12-20-34-24-15-10-7-11-16-24;/h6-11,13-16,22,25-27,33H,12,17-21H2,1-5H3;1H/q+1;/p-1. The molecule has 0 amide bonds. The van der Waals surface area contributed by atoms with Gasteiger partial charge in [-0.1, -0.05) is 69.3 Å². The first-order chi connectivity index (χ1) is 16.5. The van der Waals surface area contributed by atoms with Crippen LogP contribution in [0, 0.1) is 17.3 Å². The van der Waals surface area contributed by atoms with Gasteiger partial charge in [-0.25, -0.2) is 4.79 Å². The number of hydrogen-bond donors (Lipinski definition) is 1. The molecule has 0 aromatic heterocycles. The highest BCUT2D eigenvalue weighted by Gasteiger charge is 2.58. The van der Waals surface area contributed by atoms with Gasteiger partial charge in [-0.15, -0.1) is 0 Å². The van der Waals surface area contributed by atoms with E-state index in [1.54, 1.807) is 0 Å². The third-order valence-corrected chi connectivity index (χ3v) is 8.33. The Morgan fingerprint density at radius 1 is 1.00 bits per heavy atom. The van der Waals surface area contributed by atoms with Crippen LogP contribution in [0.4, 0.5) is 0 Å². The molecule has 2 bridgehead atoms. The minimum atomic E-state index is -1.69. The van der Waals surface area contributed by atoms with Crippen LogP contribution in [-0.4, -0.2) is 55.0 Å². The van der Waals surface area contributed by atoms with Crippen LogP contribution in [0.1, 0.15) is 52.0 Å². The van der Waals surface area contributed by atoms with Crippen LogP contribution < -0.4 is 21.7 Å². The van der Waals surface area contributed by atoms with Gasteiger partial charge >= 0.3 is 5.97 Å². The molecular formula is C30H42BrNO4. The van der Waals surface area contributed by atoms with E-state index in [1.807, 2.05) is 81.4 Å². The van der Waals surface area contributed by atoms with Crippen molar-refractivity contribution in [2.75, 3.05) is 27.2 Å². The molecule has 6 heteroatoms. The minimum absolute atomic E-state index is 0. The van der Waals surface area contributed by atoms with Crippen molar-refractivity contribution < 1.29 is 40.8 Å². The molecule has 5 nitrogen and oxygen atoms in total. The minimum Gasteiger partial charge on any atom is -1.00 e. The van der Waals surface area contributed by atoms with Crippen LogP contribution in [0.5, 0.6) is 5.75 Å². The van der Waals surface area contributed by atoms with E-state index in [1.165, 1.54) is 6.42 Å². The number of esters is 1. The van der Waals surface area contributed by atoms with Crippen LogP contribution in [0.2, 0.25) is 0 Å². The molecule has 198 valence electrons. The predicted octanol–water partition coefficient (Wildman–Crippen LogP) is 2.18. The van der Waals surface area contributed by atoms with Gasteiger partial charge in [0.25, 0.3) is 0 Å². The summed E-state index contributed by atoms with van der Waals surface area (Å²) in [6.45, 7) is 7.39. The van der Waals surface area contributed by atoms with E-state index in [4.69, 9.17) is 9.47 Å². The number of halogens is 1. The fraction of sp³-hybridized carbons (Fsp3) is 0.567. The fourth-order valence-corrected chi connectivity index (χ4v) is 6.55. The zero-order chi connectivity index (χ0) is 25.3. The van der Waals surface area contributed by atoms with Crippen molar-refractivity contribution in [3.05, 3.63) is 66.2 Å². The molecule has 0 spiro atoms. The lowest BCUT2D eigenvalue weighted by Crippen LogP contribution is -3.00. The average molecular weight is 561 g/mol. The molecule has 5 atom stereocenters. The number of ether oxygens (including phenoxy) is 2. The molecule has 0 heterocycles. The third-order valence-electron chi connectivity index (χ3n) is 8.33. The predicted molar refractivity (Wildman–Crippen MR) is 138 cm³/mol. The molecule has 0 radical (unpaired) electrons. The monoisotopic (exact) mass is 559 g/mol. The second-order valence-corrected chi connectivity index (χ2v) is 12.0. The lowest BCUT2D eigenvalue weighted by Gasteiger charge is -2.40. The number of rotatable bonds is 9. The van der Waals surface area contributed by atoms with Gasteiger partial charge < -0.3 is 36.0 Å². The van der Waals surface area contributed by atoms with E-state index in [-0.39, 0.29) is 23.1 Å². The van der Waals surface area contributed by atoms with Crippen molar-refractivity contribution in [1.29, 1.82) is 0 Å². The smallest absolute Gasteiger partial charge is 0.343 e. The molecule has 5 unspecified atom stereocenters. The lowest BCUT2D eigenvalue weighted by atomic mass is 9.72. The molecule has 2 aromatic carbocycles. The van der Waals surface area contributed by atoms with Gasteiger partial charge in [-0.2, -0.15) is 0 Å². The summed E-state index contributed by atoms with van der Waals surface area (Å²) in [5, 5.41) is 11.7. The number of aliphatic hydroxyl groups is 1. The molecule has 1 N–H and O–H groups in total. The highest BCUT2D eigenvalue weighted by Crippen LogP contribution is 2.51. The molecule has 0 aliphatic heterocycles. The number of benzene rings is 2. The maximum atomic E-state index is 13.6. The van der Waals surface area contributed by atoms with Gasteiger partial charge in [0.05, 0.1) is 33.3 Å². The number of para-hydroxylation sites is 1.